The van der Waals surface area contributed by atoms with Crippen molar-refractivity contribution in [3.63, 3.8) is 0 Å². The summed E-state index contributed by atoms with van der Waals surface area (Å²) >= 11 is 1.56. The van der Waals surface area contributed by atoms with Crippen LogP contribution >= 0.6 is 11.8 Å². The van der Waals surface area contributed by atoms with E-state index in [1.807, 2.05) is 60.7 Å². The van der Waals surface area contributed by atoms with Gasteiger partial charge in [-0.15, -0.1) is 0 Å². The third-order valence-electron chi connectivity index (χ3n) is 5.25. The summed E-state index contributed by atoms with van der Waals surface area (Å²) in [5.74, 6) is -0.982. The average molecular weight is 506 g/mol. The molecule has 37 heavy (non-hydrogen) atoms. The van der Waals surface area contributed by atoms with E-state index in [0.717, 1.165) is 15.4 Å². The highest BCUT2D eigenvalue weighted by molar-refractivity contribution is 7.99. The van der Waals surface area contributed by atoms with Crippen molar-refractivity contribution < 1.29 is 19.2 Å². The molecule has 4 aromatic rings. The van der Waals surface area contributed by atoms with Gasteiger partial charge in [-0.1, -0.05) is 95.8 Å². The van der Waals surface area contributed by atoms with E-state index in [-0.39, 0.29) is 17.3 Å². The predicted molar refractivity (Wildman–Crippen MR) is 146 cm³/mol. The number of ketones is 2. The minimum atomic E-state index is -0.600. The second-order valence-corrected chi connectivity index (χ2v) is 9.12. The molecule has 182 valence electrons. The van der Waals surface area contributed by atoms with Crippen molar-refractivity contribution in [3.8, 4) is 0 Å². The molecule has 0 aliphatic rings. The average Bonchev–Trinajstić information content (AvgIpc) is 2.94. The van der Waals surface area contributed by atoms with Crippen LogP contribution in [0.25, 0.3) is 6.08 Å². The summed E-state index contributed by atoms with van der Waals surface area (Å²) in [5.41, 5.74) is 2.64. The van der Waals surface area contributed by atoms with Crippen LogP contribution in [0.3, 0.4) is 0 Å². The maximum absolute atomic E-state index is 13.1. The first-order chi connectivity index (χ1) is 18.0. The van der Waals surface area contributed by atoms with Crippen molar-refractivity contribution in [2.45, 2.75) is 16.7 Å². The topological polar surface area (TPSA) is 72.8 Å². The van der Waals surface area contributed by atoms with Crippen molar-refractivity contribution in [1.82, 2.24) is 0 Å². The molecular formula is C31H23NO4S. The zero-order valence-corrected chi connectivity index (χ0v) is 20.9. The molecule has 0 aliphatic heterocycles. The third-order valence-corrected chi connectivity index (χ3v) is 6.26. The molecule has 0 atom stereocenters. The van der Waals surface area contributed by atoms with Gasteiger partial charge in [-0.3, -0.25) is 9.59 Å². The Balaban J connectivity index is 1.42. The molecule has 4 rings (SSSR count). The molecule has 0 unspecified atom stereocenters. The van der Waals surface area contributed by atoms with Gasteiger partial charge in [0.15, 0.2) is 11.5 Å². The van der Waals surface area contributed by atoms with Crippen molar-refractivity contribution in [3.05, 3.63) is 138 Å². The second kappa shape index (κ2) is 12.4. The third kappa shape index (κ3) is 7.22. The number of allylic oxidation sites excluding steroid dienone is 1. The first-order valence-electron chi connectivity index (χ1n) is 11.5. The standard InChI is InChI=1S/C31H23NO4S/c1-22(33)36-32-30(25-10-6-3-7-11-25)31(35)26-15-19-28(20-16-26)37-27-17-12-23(13-18-27)14-21-29(34)24-8-4-2-5-9-24/h2-21H,1H3. The minimum Gasteiger partial charge on any atom is -0.318 e. The maximum atomic E-state index is 13.1. The summed E-state index contributed by atoms with van der Waals surface area (Å²) in [6, 6.07) is 33.1. The van der Waals surface area contributed by atoms with Gasteiger partial charge in [-0.05, 0) is 48.0 Å². The fraction of sp³-hybridized carbons (Fsp3) is 0.0323. The molecule has 0 aliphatic carbocycles. The first kappa shape index (κ1) is 25.5. The highest BCUT2D eigenvalue weighted by Gasteiger charge is 2.18. The Hall–Kier alpha value is -4.55. The van der Waals surface area contributed by atoms with Gasteiger partial charge in [0.05, 0.1) is 0 Å². The fourth-order valence-electron chi connectivity index (χ4n) is 3.40. The zero-order valence-electron chi connectivity index (χ0n) is 20.0. The summed E-state index contributed by atoms with van der Waals surface area (Å²) in [4.78, 5) is 43.3. The Morgan fingerprint density at radius 3 is 1.78 bits per heavy atom. The van der Waals surface area contributed by atoms with Gasteiger partial charge < -0.3 is 4.84 Å². The van der Waals surface area contributed by atoms with Crippen molar-refractivity contribution in [2.24, 2.45) is 5.16 Å². The lowest BCUT2D eigenvalue weighted by Crippen LogP contribution is -2.17. The lowest BCUT2D eigenvalue weighted by Gasteiger charge is -2.07. The number of hydrogen-bond donors (Lipinski definition) is 0. The van der Waals surface area contributed by atoms with Crippen LogP contribution in [0.2, 0.25) is 0 Å². The molecule has 5 nitrogen and oxygen atoms in total. The number of carbonyl (C=O) groups excluding carboxylic acids is 3. The monoisotopic (exact) mass is 505 g/mol. The van der Waals surface area contributed by atoms with E-state index in [2.05, 4.69) is 5.16 Å². The molecular weight excluding hydrogens is 482 g/mol. The largest absolute Gasteiger partial charge is 0.332 e. The number of carbonyl (C=O) groups is 3. The summed E-state index contributed by atoms with van der Waals surface area (Å²) in [7, 11) is 0. The Morgan fingerprint density at radius 1 is 0.676 bits per heavy atom. The lowest BCUT2D eigenvalue weighted by molar-refractivity contribution is -0.140. The highest BCUT2D eigenvalue weighted by Crippen LogP contribution is 2.28. The molecule has 0 N–H and O–H groups in total. The van der Waals surface area contributed by atoms with E-state index in [4.69, 9.17) is 4.84 Å². The van der Waals surface area contributed by atoms with Crippen LogP contribution in [0.4, 0.5) is 0 Å². The molecule has 4 aromatic carbocycles. The Kier molecular flexibility index (Phi) is 8.57. The SMILES string of the molecule is CC(=O)ON=C(C(=O)c1ccc(Sc2ccc(C=CC(=O)c3ccccc3)cc2)cc1)c1ccccc1. The van der Waals surface area contributed by atoms with E-state index in [0.29, 0.717) is 16.7 Å². The Morgan fingerprint density at radius 2 is 1.22 bits per heavy atom. The fourth-order valence-corrected chi connectivity index (χ4v) is 4.21. The highest BCUT2D eigenvalue weighted by atomic mass is 32.2. The van der Waals surface area contributed by atoms with E-state index < -0.39 is 5.97 Å². The Bertz CT molecular complexity index is 1440. The smallest absolute Gasteiger partial charge is 0.318 e. The van der Waals surface area contributed by atoms with E-state index in [1.54, 1.807) is 72.4 Å². The molecule has 0 spiro atoms. The normalized spacial score (nSPS) is 11.3. The summed E-state index contributed by atoms with van der Waals surface area (Å²) < 4.78 is 0. The summed E-state index contributed by atoms with van der Waals surface area (Å²) in [6.45, 7) is 1.23. The van der Waals surface area contributed by atoms with Crippen LogP contribution in [0, 0.1) is 0 Å². The molecule has 0 saturated heterocycles. The maximum Gasteiger partial charge on any atom is 0.332 e. The van der Waals surface area contributed by atoms with Crippen molar-refractivity contribution in [1.29, 1.82) is 0 Å². The van der Waals surface area contributed by atoms with Crippen LogP contribution in [0.15, 0.2) is 130 Å². The van der Waals surface area contributed by atoms with Gasteiger partial charge in [0.2, 0.25) is 5.78 Å². The minimum absolute atomic E-state index is 0.0398. The van der Waals surface area contributed by atoms with Crippen LogP contribution in [-0.2, 0) is 9.63 Å². The predicted octanol–water partition coefficient (Wildman–Crippen LogP) is 6.88. The molecule has 0 amide bonds. The van der Waals surface area contributed by atoms with Crippen LogP contribution < -0.4 is 0 Å². The van der Waals surface area contributed by atoms with Crippen LogP contribution in [-0.4, -0.2) is 23.2 Å². The molecule has 0 heterocycles. The number of benzene rings is 4. The number of oxime groups is 1. The summed E-state index contributed by atoms with van der Waals surface area (Å²) in [6.07, 6.45) is 3.37. The molecule has 0 bridgehead atoms. The lowest BCUT2D eigenvalue weighted by atomic mass is 10.0. The van der Waals surface area contributed by atoms with Gasteiger partial charge in [0.1, 0.15) is 0 Å². The van der Waals surface area contributed by atoms with E-state index in [9.17, 15) is 14.4 Å². The van der Waals surface area contributed by atoms with Crippen LogP contribution in [0.5, 0.6) is 0 Å². The van der Waals surface area contributed by atoms with Crippen LogP contribution in [0.1, 0.15) is 38.8 Å². The van der Waals surface area contributed by atoms with Crippen molar-refractivity contribution >= 4 is 41.1 Å². The summed E-state index contributed by atoms with van der Waals surface area (Å²) in [5, 5.41) is 3.80. The number of nitrogens with zero attached hydrogens (tertiary/aromatic N) is 1. The molecule has 6 heteroatoms. The number of hydrogen-bond acceptors (Lipinski definition) is 6. The molecule has 0 radical (unpaired) electrons. The van der Waals surface area contributed by atoms with E-state index >= 15 is 0 Å². The molecule has 0 saturated carbocycles. The second-order valence-electron chi connectivity index (χ2n) is 7.98. The number of Topliss-reactive ketones (excluding diaryl/α,β-unsaturated/α-hetero) is 1. The first-order valence-corrected chi connectivity index (χ1v) is 12.3. The van der Waals surface area contributed by atoms with Gasteiger partial charge in [-0.25, -0.2) is 4.79 Å². The van der Waals surface area contributed by atoms with E-state index in [1.165, 1.54) is 6.92 Å². The number of rotatable bonds is 9. The van der Waals surface area contributed by atoms with Gasteiger partial charge in [0, 0.05) is 33.4 Å². The molecule has 0 fully saturated rings. The van der Waals surface area contributed by atoms with Gasteiger partial charge in [0.25, 0.3) is 0 Å². The van der Waals surface area contributed by atoms with Gasteiger partial charge >= 0.3 is 5.97 Å². The quantitative estimate of drug-likeness (QED) is 0.0815. The molecule has 0 aromatic heterocycles. The van der Waals surface area contributed by atoms with Gasteiger partial charge in [-0.2, -0.15) is 0 Å². The zero-order chi connectivity index (χ0) is 26.0. The van der Waals surface area contributed by atoms with Crippen molar-refractivity contribution in [2.75, 3.05) is 0 Å². The Labute approximate surface area is 219 Å².